The minimum atomic E-state index is -4.17. The van der Waals surface area contributed by atoms with Gasteiger partial charge in [0.05, 0.1) is 10.6 Å². The SMILES string of the molecule is CCCCNC(=O)[C@@H](Cc1ccccc1)N(Cc1ccc(Cl)cc1)C(=O)CN(c1ccc(C(C)C)cc1)S(=O)(=O)c1ccc(C)cc1. The Morgan fingerprint density at radius 2 is 1.47 bits per heavy atom. The van der Waals surface area contributed by atoms with Crippen LogP contribution in [0.5, 0.6) is 0 Å². The number of benzene rings is 4. The third-order valence-electron chi connectivity index (χ3n) is 8.10. The van der Waals surface area contributed by atoms with Crippen molar-refractivity contribution in [2.24, 2.45) is 0 Å². The van der Waals surface area contributed by atoms with Crippen LogP contribution in [0.1, 0.15) is 61.8 Å². The maximum atomic E-state index is 14.6. The number of amides is 2. The molecule has 0 saturated carbocycles. The molecule has 0 spiro atoms. The van der Waals surface area contributed by atoms with Crippen LogP contribution in [0, 0.1) is 6.92 Å². The Morgan fingerprint density at radius 3 is 2.06 bits per heavy atom. The fraction of sp³-hybridized carbons (Fsp3) is 0.316. The van der Waals surface area contributed by atoms with Gasteiger partial charge >= 0.3 is 0 Å². The van der Waals surface area contributed by atoms with E-state index in [0.29, 0.717) is 17.3 Å². The number of sulfonamides is 1. The van der Waals surface area contributed by atoms with Crippen LogP contribution < -0.4 is 9.62 Å². The summed E-state index contributed by atoms with van der Waals surface area (Å²) in [5.74, 6) is -0.554. The number of rotatable bonds is 15. The molecule has 0 aliphatic heterocycles. The maximum Gasteiger partial charge on any atom is 0.264 e. The fourth-order valence-corrected chi connectivity index (χ4v) is 6.78. The molecule has 0 unspecified atom stereocenters. The molecular formula is C38H44ClN3O4S. The Bertz CT molecular complexity index is 1710. The number of hydrogen-bond acceptors (Lipinski definition) is 4. The van der Waals surface area contributed by atoms with Crippen LogP contribution >= 0.6 is 11.6 Å². The lowest BCUT2D eigenvalue weighted by Crippen LogP contribution is -2.53. The molecule has 4 aromatic rings. The van der Waals surface area contributed by atoms with E-state index in [1.807, 2.05) is 68.4 Å². The average molecular weight is 674 g/mol. The Labute approximate surface area is 284 Å². The van der Waals surface area contributed by atoms with Crippen molar-refractivity contribution < 1.29 is 18.0 Å². The van der Waals surface area contributed by atoms with Gasteiger partial charge in [0.1, 0.15) is 12.6 Å². The molecule has 1 atom stereocenters. The van der Waals surface area contributed by atoms with Crippen LogP contribution in [0.15, 0.2) is 108 Å². The van der Waals surface area contributed by atoms with Crippen LogP contribution in [0.3, 0.4) is 0 Å². The van der Waals surface area contributed by atoms with Gasteiger partial charge in [-0.05, 0) is 72.4 Å². The minimum Gasteiger partial charge on any atom is -0.354 e. The van der Waals surface area contributed by atoms with Gasteiger partial charge in [-0.25, -0.2) is 8.42 Å². The van der Waals surface area contributed by atoms with Crippen molar-refractivity contribution in [1.82, 2.24) is 10.2 Å². The van der Waals surface area contributed by atoms with Crippen LogP contribution in [-0.4, -0.2) is 44.3 Å². The number of nitrogens with zero attached hydrogens (tertiary/aromatic N) is 2. The van der Waals surface area contributed by atoms with Crippen molar-refractivity contribution in [2.75, 3.05) is 17.4 Å². The lowest BCUT2D eigenvalue weighted by atomic mass is 10.0. The third-order valence-corrected chi connectivity index (χ3v) is 10.1. The Morgan fingerprint density at radius 1 is 0.830 bits per heavy atom. The van der Waals surface area contributed by atoms with E-state index in [9.17, 15) is 18.0 Å². The molecule has 0 fully saturated rings. The van der Waals surface area contributed by atoms with E-state index in [1.165, 1.54) is 4.90 Å². The van der Waals surface area contributed by atoms with Crippen LogP contribution in [-0.2, 0) is 32.6 Å². The molecule has 0 aromatic heterocycles. The molecule has 0 heterocycles. The molecule has 248 valence electrons. The molecule has 2 amide bonds. The molecule has 0 aliphatic carbocycles. The van der Waals surface area contributed by atoms with Crippen LogP contribution in [0.4, 0.5) is 5.69 Å². The topological polar surface area (TPSA) is 86.8 Å². The summed E-state index contributed by atoms with van der Waals surface area (Å²) >= 11 is 6.17. The first-order valence-corrected chi connectivity index (χ1v) is 17.9. The van der Waals surface area contributed by atoms with Crippen LogP contribution in [0.25, 0.3) is 0 Å². The Balaban J connectivity index is 1.79. The monoisotopic (exact) mass is 673 g/mol. The molecule has 4 rings (SSSR count). The predicted molar refractivity (Wildman–Crippen MR) is 190 cm³/mol. The number of carbonyl (C=O) groups is 2. The van der Waals surface area contributed by atoms with Crippen molar-refractivity contribution in [2.45, 2.75) is 70.4 Å². The molecule has 4 aromatic carbocycles. The summed E-state index contributed by atoms with van der Waals surface area (Å²) in [6, 6.07) is 29.5. The zero-order chi connectivity index (χ0) is 34.0. The number of unbranched alkanes of at least 4 members (excludes halogenated alkanes) is 1. The van der Waals surface area contributed by atoms with E-state index < -0.39 is 28.5 Å². The molecule has 0 bridgehead atoms. The van der Waals surface area contributed by atoms with Gasteiger partial charge < -0.3 is 10.2 Å². The van der Waals surface area contributed by atoms with E-state index in [1.54, 1.807) is 48.5 Å². The highest BCUT2D eigenvalue weighted by molar-refractivity contribution is 7.92. The summed E-state index contributed by atoms with van der Waals surface area (Å²) < 4.78 is 29.6. The normalized spacial score (nSPS) is 12.0. The van der Waals surface area contributed by atoms with Gasteiger partial charge in [-0.1, -0.05) is 111 Å². The zero-order valence-electron chi connectivity index (χ0n) is 27.5. The number of halogens is 1. The van der Waals surface area contributed by atoms with Gasteiger partial charge in [-0.2, -0.15) is 0 Å². The number of carbonyl (C=O) groups excluding carboxylic acids is 2. The maximum absolute atomic E-state index is 14.6. The van der Waals surface area contributed by atoms with Gasteiger partial charge in [-0.15, -0.1) is 0 Å². The third kappa shape index (κ3) is 9.69. The minimum absolute atomic E-state index is 0.0752. The largest absolute Gasteiger partial charge is 0.354 e. The summed E-state index contributed by atoms with van der Waals surface area (Å²) in [7, 11) is -4.17. The molecule has 47 heavy (non-hydrogen) atoms. The second kappa shape index (κ2) is 16.6. The highest BCUT2D eigenvalue weighted by Crippen LogP contribution is 2.27. The number of nitrogens with one attached hydrogen (secondary N) is 1. The lowest BCUT2D eigenvalue weighted by molar-refractivity contribution is -0.140. The standard InChI is InChI=1S/C38H44ClN3O4S/c1-5-6-24-40-38(44)36(25-30-10-8-7-9-11-30)41(26-31-14-18-33(39)19-15-31)37(43)27-42(34-20-16-32(17-21-34)28(2)3)47(45,46)35-22-12-29(4)13-23-35/h7-23,28,36H,5-6,24-27H2,1-4H3,(H,40,44)/t36-/m1/s1. The lowest BCUT2D eigenvalue weighted by Gasteiger charge is -2.34. The van der Waals surface area contributed by atoms with Gasteiger partial charge in [0.25, 0.3) is 10.0 Å². The highest BCUT2D eigenvalue weighted by atomic mass is 35.5. The number of hydrogen-bond donors (Lipinski definition) is 1. The summed E-state index contributed by atoms with van der Waals surface area (Å²) in [5, 5.41) is 3.56. The highest BCUT2D eigenvalue weighted by Gasteiger charge is 2.34. The first-order valence-electron chi connectivity index (χ1n) is 16.0. The zero-order valence-corrected chi connectivity index (χ0v) is 29.1. The van der Waals surface area contributed by atoms with Crippen molar-refractivity contribution >= 4 is 39.1 Å². The van der Waals surface area contributed by atoms with E-state index in [0.717, 1.165) is 39.4 Å². The van der Waals surface area contributed by atoms with E-state index in [2.05, 4.69) is 19.2 Å². The molecular weight excluding hydrogens is 630 g/mol. The number of aryl methyl sites for hydroxylation is 1. The average Bonchev–Trinajstić information content (AvgIpc) is 3.06. The second-order valence-corrected chi connectivity index (χ2v) is 14.4. The van der Waals surface area contributed by atoms with Gasteiger partial charge in [0.2, 0.25) is 11.8 Å². The smallest absolute Gasteiger partial charge is 0.264 e. The quantitative estimate of drug-likeness (QED) is 0.132. The van der Waals surface area contributed by atoms with Crippen molar-refractivity contribution in [1.29, 1.82) is 0 Å². The van der Waals surface area contributed by atoms with Crippen molar-refractivity contribution in [3.8, 4) is 0 Å². The van der Waals surface area contributed by atoms with Gasteiger partial charge in [0, 0.05) is 24.5 Å². The van der Waals surface area contributed by atoms with E-state index in [-0.39, 0.29) is 29.7 Å². The Kier molecular flexibility index (Phi) is 12.6. The Hall–Kier alpha value is -4.14. The summed E-state index contributed by atoms with van der Waals surface area (Å²) in [6.07, 6.45) is 1.95. The van der Waals surface area contributed by atoms with Crippen molar-refractivity contribution in [3.63, 3.8) is 0 Å². The molecule has 0 aliphatic rings. The van der Waals surface area contributed by atoms with Crippen LogP contribution in [0.2, 0.25) is 5.02 Å². The fourth-order valence-electron chi connectivity index (χ4n) is 5.24. The first kappa shape index (κ1) is 35.7. The van der Waals surface area contributed by atoms with E-state index >= 15 is 0 Å². The van der Waals surface area contributed by atoms with Gasteiger partial charge in [0.15, 0.2) is 0 Å². The van der Waals surface area contributed by atoms with Gasteiger partial charge in [-0.3, -0.25) is 13.9 Å². The summed E-state index contributed by atoms with van der Waals surface area (Å²) in [6.45, 7) is 8.10. The molecule has 9 heteroatoms. The number of anilines is 1. The molecule has 0 saturated heterocycles. The molecule has 0 radical (unpaired) electrons. The molecule has 1 N–H and O–H groups in total. The van der Waals surface area contributed by atoms with E-state index in [4.69, 9.17) is 11.6 Å². The molecule has 7 nitrogen and oxygen atoms in total. The second-order valence-electron chi connectivity index (χ2n) is 12.1. The summed E-state index contributed by atoms with van der Waals surface area (Å²) in [5.41, 5.74) is 3.97. The first-order chi connectivity index (χ1) is 22.5. The predicted octanol–water partition coefficient (Wildman–Crippen LogP) is 7.52. The van der Waals surface area contributed by atoms with Crippen molar-refractivity contribution in [3.05, 3.63) is 130 Å². The summed E-state index contributed by atoms with van der Waals surface area (Å²) in [4.78, 5) is 30.0.